The highest BCUT2D eigenvalue weighted by Gasteiger charge is 2.46. The Morgan fingerprint density at radius 1 is 1.08 bits per heavy atom. The van der Waals surface area contributed by atoms with Gasteiger partial charge in [0.05, 0.1) is 38.1 Å². The van der Waals surface area contributed by atoms with E-state index < -0.39 is 17.7 Å². The quantitative estimate of drug-likeness (QED) is 0.264. The molecule has 2 aromatic carbocycles. The lowest BCUT2D eigenvalue weighted by Crippen LogP contribution is -2.29. The SMILES string of the molecule is CCOc1ccc(C2/C(=C(/O)c3ccc(OC)c(C(C)(C)C)c3)C(=O)C(=O)N2Cc2ccco2)cc1. The van der Waals surface area contributed by atoms with Gasteiger partial charge in [-0.05, 0) is 60.4 Å². The molecule has 3 aromatic rings. The monoisotopic (exact) mass is 489 g/mol. The molecule has 0 bridgehead atoms. The number of hydrogen-bond donors (Lipinski definition) is 1. The number of carbonyl (C=O) groups excluding carboxylic acids is 2. The molecule has 4 rings (SSSR count). The van der Waals surface area contributed by atoms with Crippen molar-refractivity contribution in [3.63, 3.8) is 0 Å². The van der Waals surface area contributed by atoms with Crippen molar-refractivity contribution in [1.82, 2.24) is 4.90 Å². The van der Waals surface area contributed by atoms with Gasteiger partial charge in [0.15, 0.2) is 0 Å². The van der Waals surface area contributed by atoms with Crippen molar-refractivity contribution in [3.8, 4) is 11.5 Å². The summed E-state index contributed by atoms with van der Waals surface area (Å²) >= 11 is 0. The molecule has 1 aliphatic rings. The summed E-state index contributed by atoms with van der Waals surface area (Å²) in [6.45, 7) is 8.61. The molecule has 1 N–H and O–H groups in total. The minimum atomic E-state index is -0.800. The number of ketones is 1. The van der Waals surface area contributed by atoms with Crippen LogP contribution in [0.25, 0.3) is 5.76 Å². The van der Waals surface area contributed by atoms with Crippen molar-refractivity contribution in [2.75, 3.05) is 13.7 Å². The van der Waals surface area contributed by atoms with E-state index in [9.17, 15) is 14.7 Å². The average Bonchev–Trinajstić information content (AvgIpc) is 3.46. The predicted octanol–water partition coefficient (Wildman–Crippen LogP) is 5.61. The molecular weight excluding hydrogens is 458 g/mol. The normalized spacial score (nSPS) is 17.5. The maximum Gasteiger partial charge on any atom is 0.296 e. The molecule has 1 fully saturated rings. The van der Waals surface area contributed by atoms with Crippen LogP contribution in [0.3, 0.4) is 0 Å². The summed E-state index contributed by atoms with van der Waals surface area (Å²) in [4.78, 5) is 28.0. The molecule has 7 heteroatoms. The molecule has 1 saturated heterocycles. The molecule has 1 aromatic heterocycles. The van der Waals surface area contributed by atoms with Crippen LogP contribution < -0.4 is 9.47 Å². The highest BCUT2D eigenvalue weighted by molar-refractivity contribution is 6.46. The second-order valence-corrected chi connectivity index (χ2v) is 9.67. The summed E-state index contributed by atoms with van der Waals surface area (Å²) in [5.41, 5.74) is 1.74. The van der Waals surface area contributed by atoms with Crippen LogP contribution in [0.5, 0.6) is 11.5 Å². The largest absolute Gasteiger partial charge is 0.507 e. The van der Waals surface area contributed by atoms with Gasteiger partial charge in [-0.15, -0.1) is 0 Å². The first kappa shape index (κ1) is 25.1. The van der Waals surface area contributed by atoms with Gasteiger partial charge >= 0.3 is 0 Å². The van der Waals surface area contributed by atoms with E-state index >= 15 is 0 Å². The molecule has 0 aliphatic carbocycles. The molecular formula is C29H31NO6. The number of hydrogen-bond acceptors (Lipinski definition) is 6. The minimum Gasteiger partial charge on any atom is -0.507 e. The number of Topliss-reactive ketones (excluding diaryl/α,β-unsaturated/α-hetero) is 1. The highest BCUT2D eigenvalue weighted by atomic mass is 16.5. The van der Waals surface area contributed by atoms with Crippen molar-refractivity contribution in [2.24, 2.45) is 0 Å². The van der Waals surface area contributed by atoms with Gasteiger partial charge in [-0.3, -0.25) is 9.59 Å². The van der Waals surface area contributed by atoms with E-state index in [1.165, 1.54) is 11.2 Å². The Morgan fingerprint density at radius 2 is 1.81 bits per heavy atom. The Kier molecular flexibility index (Phi) is 6.93. The molecule has 0 radical (unpaired) electrons. The number of aliphatic hydroxyl groups excluding tert-OH is 1. The number of nitrogens with zero attached hydrogens (tertiary/aromatic N) is 1. The number of amides is 1. The number of methoxy groups -OCH3 is 1. The Labute approximate surface area is 210 Å². The van der Waals surface area contributed by atoms with Gasteiger partial charge in [0, 0.05) is 11.1 Å². The van der Waals surface area contributed by atoms with Gasteiger partial charge < -0.3 is 23.9 Å². The lowest BCUT2D eigenvalue weighted by Gasteiger charge is -2.25. The summed E-state index contributed by atoms with van der Waals surface area (Å²) in [5.74, 6) is 0.215. The van der Waals surface area contributed by atoms with Crippen molar-refractivity contribution >= 4 is 17.4 Å². The average molecular weight is 490 g/mol. The number of rotatable bonds is 7. The number of likely N-dealkylation sites (tertiary alicyclic amines) is 1. The number of aliphatic hydroxyl groups is 1. The van der Waals surface area contributed by atoms with Gasteiger partial charge in [0.25, 0.3) is 11.7 Å². The fourth-order valence-electron chi connectivity index (χ4n) is 4.47. The van der Waals surface area contributed by atoms with E-state index in [0.29, 0.717) is 35.0 Å². The third-order valence-electron chi connectivity index (χ3n) is 6.23. The zero-order valence-electron chi connectivity index (χ0n) is 21.2. The highest BCUT2D eigenvalue weighted by Crippen LogP contribution is 2.42. The van der Waals surface area contributed by atoms with Crippen LogP contribution in [-0.2, 0) is 21.5 Å². The molecule has 1 atom stereocenters. The van der Waals surface area contributed by atoms with E-state index in [-0.39, 0.29) is 23.3 Å². The molecule has 1 unspecified atom stereocenters. The van der Waals surface area contributed by atoms with E-state index in [0.717, 1.165) is 5.56 Å². The first-order valence-corrected chi connectivity index (χ1v) is 11.9. The smallest absolute Gasteiger partial charge is 0.296 e. The molecule has 0 spiro atoms. The number of furan rings is 1. The Bertz CT molecular complexity index is 1280. The Balaban J connectivity index is 1.87. The lowest BCUT2D eigenvalue weighted by atomic mass is 9.84. The third-order valence-corrected chi connectivity index (χ3v) is 6.23. The summed E-state index contributed by atoms with van der Waals surface area (Å²) in [6.07, 6.45) is 1.52. The fourth-order valence-corrected chi connectivity index (χ4v) is 4.47. The van der Waals surface area contributed by atoms with E-state index in [2.05, 4.69) is 0 Å². The number of ether oxygens (including phenoxy) is 2. The van der Waals surface area contributed by atoms with Crippen LogP contribution in [0.1, 0.15) is 56.2 Å². The summed E-state index contributed by atoms with van der Waals surface area (Å²) in [5, 5.41) is 11.5. The molecule has 2 heterocycles. The molecule has 0 saturated carbocycles. The van der Waals surface area contributed by atoms with Crippen molar-refractivity contribution in [3.05, 3.63) is 88.9 Å². The maximum atomic E-state index is 13.3. The second-order valence-electron chi connectivity index (χ2n) is 9.67. The standard InChI is InChI=1S/C29H31NO6/c1-6-35-20-12-9-18(10-13-20)25-24(27(32)28(33)30(25)17-21-8-7-15-36-21)26(31)19-11-14-23(34-5)22(16-19)29(2,3)4/h7-16,25,31H,6,17H2,1-5H3/b26-24-. The maximum absolute atomic E-state index is 13.3. The molecule has 7 nitrogen and oxygen atoms in total. The topological polar surface area (TPSA) is 89.2 Å². The van der Waals surface area contributed by atoms with Crippen LogP contribution >= 0.6 is 0 Å². The lowest BCUT2D eigenvalue weighted by molar-refractivity contribution is -0.140. The van der Waals surface area contributed by atoms with Crippen molar-refractivity contribution < 1.29 is 28.6 Å². The van der Waals surface area contributed by atoms with Gasteiger partial charge in [-0.2, -0.15) is 0 Å². The minimum absolute atomic E-state index is 0.0285. The van der Waals surface area contributed by atoms with Crippen LogP contribution in [0, 0.1) is 0 Å². The number of carbonyl (C=O) groups is 2. The van der Waals surface area contributed by atoms with Gasteiger partial charge in [-0.25, -0.2) is 0 Å². The van der Waals surface area contributed by atoms with Crippen LogP contribution in [-0.4, -0.2) is 35.4 Å². The number of benzene rings is 2. The van der Waals surface area contributed by atoms with Crippen molar-refractivity contribution in [2.45, 2.75) is 45.7 Å². The molecule has 1 aliphatic heterocycles. The zero-order valence-corrected chi connectivity index (χ0v) is 21.2. The first-order chi connectivity index (χ1) is 17.2. The van der Waals surface area contributed by atoms with Crippen molar-refractivity contribution in [1.29, 1.82) is 0 Å². The van der Waals surface area contributed by atoms with E-state index in [1.54, 1.807) is 55.6 Å². The predicted molar refractivity (Wildman–Crippen MR) is 136 cm³/mol. The van der Waals surface area contributed by atoms with Crippen LogP contribution in [0.15, 0.2) is 70.9 Å². The molecule has 36 heavy (non-hydrogen) atoms. The molecule has 188 valence electrons. The fraction of sp³-hybridized carbons (Fsp3) is 0.310. The Morgan fingerprint density at radius 3 is 2.39 bits per heavy atom. The van der Waals surface area contributed by atoms with Gasteiger partial charge in [0.1, 0.15) is 23.0 Å². The summed E-state index contributed by atoms with van der Waals surface area (Å²) < 4.78 is 16.5. The van der Waals surface area contributed by atoms with Crippen LogP contribution in [0.2, 0.25) is 0 Å². The Hall–Kier alpha value is -4.00. The van der Waals surface area contributed by atoms with E-state index in [1.807, 2.05) is 33.8 Å². The van der Waals surface area contributed by atoms with Gasteiger partial charge in [-0.1, -0.05) is 32.9 Å². The summed E-state index contributed by atoms with van der Waals surface area (Å²) in [7, 11) is 1.59. The second kappa shape index (κ2) is 9.93. The van der Waals surface area contributed by atoms with Crippen LogP contribution in [0.4, 0.5) is 0 Å². The van der Waals surface area contributed by atoms with E-state index in [4.69, 9.17) is 13.9 Å². The van der Waals surface area contributed by atoms with Gasteiger partial charge in [0.2, 0.25) is 0 Å². The summed E-state index contributed by atoms with van der Waals surface area (Å²) in [6, 6.07) is 15.1. The first-order valence-electron chi connectivity index (χ1n) is 11.9. The zero-order chi connectivity index (χ0) is 26.0. The third kappa shape index (κ3) is 4.73. The molecule has 1 amide bonds.